The normalized spacial score (nSPS) is 10.7. The van der Waals surface area contributed by atoms with Crippen molar-refractivity contribution in [3.63, 3.8) is 0 Å². The number of imidazole rings is 1. The molecule has 4 aromatic rings. The molecule has 0 aliphatic carbocycles. The van der Waals surface area contributed by atoms with Crippen LogP contribution in [0, 0.1) is 0 Å². The first-order chi connectivity index (χ1) is 13.3. The maximum absolute atomic E-state index is 5.40. The molecule has 8 heteroatoms. The molecule has 0 radical (unpaired) electrons. The van der Waals surface area contributed by atoms with Crippen LogP contribution in [0.3, 0.4) is 0 Å². The first-order valence-corrected chi connectivity index (χ1v) is 8.25. The Morgan fingerprint density at radius 2 is 1.96 bits per heavy atom. The fourth-order valence-corrected chi connectivity index (χ4v) is 2.66. The van der Waals surface area contributed by atoms with Crippen LogP contribution in [-0.2, 0) is 6.54 Å². The van der Waals surface area contributed by atoms with Crippen LogP contribution >= 0.6 is 0 Å². The number of nitrogens with zero attached hydrogens (tertiary/aromatic N) is 5. The van der Waals surface area contributed by atoms with Gasteiger partial charge in [-0.1, -0.05) is 11.2 Å². The van der Waals surface area contributed by atoms with Gasteiger partial charge in [-0.15, -0.1) is 0 Å². The summed E-state index contributed by atoms with van der Waals surface area (Å²) in [7, 11) is 3.19. The Bertz CT molecular complexity index is 1040. The van der Waals surface area contributed by atoms with E-state index in [1.807, 2.05) is 41.1 Å². The van der Waals surface area contributed by atoms with E-state index in [-0.39, 0.29) is 0 Å². The van der Waals surface area contributed by atoms with Gasteiger partial charge in [0.1, 0.15) is 23.7 Å². The molecule has 1 aromatic carbocycles. The SMILES string of the molecule is COc1ccc(-c2noc(Cn3cnc(-c4ccccn4)c3)n2)c(OC)c1. The molecule has 27 heavy (non-hydrogen) atoms. The molecule has 136 valence electrons. The molecule has 0 spiro atoms. The molecule has 3 heterocycles. The number of rotatable bonds is 6. The van der Waals surface area contributed by atoms with Gasteiger partial charge < -0.3 is 18.6 Å². The second kappa shape index (κ2) is 7.28. The van der Waals surface area contributed by atoms with Gasteiger partial charge in [0, 0.05) is 18.5 Å². The van der Waals surface area contributed by atoms with Crippen LogP contribution in [0.5, 0.6) is 11.5 Å². The van der Waals surface area contributed by atoms with Gasteiger partial charge in [0.05, 0.1) is 31.8 Å². The fourth-order valence-electron chi connectivity index (χ4n) is 2.66. The first-order valence-electron chi connectivity index (χ1n) is 8.25. The lowest BCUT2D eigenvalue weighted by Crippen LogP contribution is -1.97. The van der Waals surface area contributed by atoms with Crippen molar-refractivity contribution >= 4 is 0 Å². The topological polar surface area (TPSA) is 88.1 Å². The van der Waals surface area contributed by atoms with Gasteiger partial charge in [-0.25, -0.2) is 4.98 Å². The molecule has 0 saturated carbocycles. The van der Waals surface area contributed by atoms with E-state index in [1.54, 1.807) is 32.8 Å². The van der Waals surface area contributed by atoms with E-state index >= 15 is 0 Å². The largest absolute Gasteiger partial charge is 0.497 e. The third kappa shape index (κ3) is 3.50. The van der Waals surface area contributed by atoms with Crippen molar-refractivity contribution in [1.29, 1.82) is 0 Å². The van der Waals surface area contributed by atoms with Gasteiger partial charge >= 0.3 is 0 Å². The molecule has 0 amide bonds. The summed E-state index contributed by atoms with van der Waals surface area (Å²) in [6, 6.07) is 11.1. The summed E-state index contributed by atoms with van der Waals surface area (Å²) in [6.45, 7) is 0.408. The third-order valence-electron chi connectivity index (χ3n) is 4.00. The summed E-state index contributed by atoms with van der Waals surface area (Å²) in [5.74, 6) is 2.23. The number of methoxy groups -OCH3 is 2. The highest BCUT2D eigenvalue weighted by atomic mass is 16.5. The van der Waals surface area contributed by atoms with Crippen LogP contribution in [0.1, 0.15) is 5.89 Å². The van der Waals surface area contributed by atoms with Crippen molar-refractivity contribution in [3.05, 3.63) is 61.0 Å². The maximum atomic E-state index is 5.40. The van der Waals surface area contributed by atoms with Crippen LogP contribution in [0.2, 0.25) is 0 Å². The molecule has 0 bridgehead atoms. The van der Waals surface area contributed by atoms with Gasteiger partial charge in [0.2, 0.25) is 11.7 Å². The molecular formula is C19H17N5O3. The minimum Gasteiger partial charge on any atom is -0.497 e. The Kier molecular flexibility index (Phi) is 4.52. The standard InChI is InChI=1S/C19H17N5O3/c1-25-13-6-7-14(17(9-13)26-2)19-22-18(27-23-19)11-24-10-16(21-12-24)15-5-3-4-8-20-15/h3-10,12H,11H2,1-2H3. The summed E-state index contributed by atoms with van der Waals surface area (Å²) >= 11 is 0. The zero-order valence-corrected chi connectivity index (χ0v) is 14.9. The van der Waals surface area contributed by atoms with Crippen LogP contribution in [0.15, 0.2) is 59.6 Å². The lowest BCUT2D eigenvalue weighted by Gasteiger charge is -2.07. The quantitative estimate of drug-likeness (QED) is 0.520. The van der Waals surface area contributed by atoms with Gasteiger partial charge in [-0.3, -0.25) is 4.98 Å². The van der Waals surface area contributed by atoms with Crippen molar-refractivity contribution in [1.82, 2.24) is 24.7 Å². The monoisotopic (exact) mass is 363 g/mol. The van der Waals surface area contributed by atoms with Crippen LogP contribution in [0.25, 0.3) is 22.8 Å². The summed E-state index contributed by atoms with van der Waals surface area (Å²) in [4.78, 5) is 13.1. The molecule has 0 aliphatic heterocycles. The molecule has 0 N–H and O–H groups in total. The van der Waals surface area contributed by atoms with Crippen LogP contribution < -0.4 is 9.47 Å². The Balaban J connectivity index is 1.55. The second-order valence-electron chi connectivity index (χ2n) is 5.72. The molecule has 0 saturated heterocycles. The van der Waals surface area contributed by atoms with E-state index in [0.717, 1.165) is 17.0 Å². The van der Waals surface area contributed by atoms with Crippen molar-refractivity contribution in [3.8, 4) is 34.3 Å². The highest BCUT2D eigenvalue weighted by Crippen LogP contribution is 2.31. The molecule has 4 rings (SSSR count). The second-order valence-corrected chi connectivity index (χ2v) is 5.72. The highest BCUT2D eigenvalue weighted by Gasteiger charge is 2.15. The minimum atomic E-state index is 0.408. The zero-order chi connectivity index (χ0) is 18.6. The number of ether oxygens (including phenoxy) is 2. The Morgan fingerprint density at radius 3 is 2.74 bits per heavy atom. The highest BCUT2D eigenvalue weighted by molar-refractivity contribution is 5.65. The molecule has 0 fully saturated rings. The summed E-state index contributed by atoms with van der Waals surface area (Å²) in [5.41, 5.74) is 2.32. The van der Waals surface area contributed by atoms with Gasteiger partial charge in [-0.05, 0) is 24.3 Å². The molecule has 0 aliphatic rings. The average Bonchev–Trinajstić information content (AvgIpc) is 3.38. The van der Waals surface area contributed by atoms with E-state index < -0.39 is 0 Å². The fraction of sp³-hybridized carbons (Fsp3) is 0.158. The molecule has 3 aromatic heterocycles. The average molecular weight is 363 g/mol. The predicted molar refractivity (Wildman–Crippen MR) is 97.4 cm³/mol. The third-order valence-corrected chi connectivity index (χ3v) is 4.00. The van der Waals surface area contributed by atoms with Crippen molar-refractivity contribution < 1.29 is 14.0 Å². The van der Waals surface area contributed by atoms with Crippen LogP contribution in [-0.4, -0.2) is 38.9 Å². The van der Waals surface area contributed by atoms with E-state index in [4.69, 9.17) is 14.0 Å². The number of benzene rings is 1. The Morgan fingerprint density at radius 1 is 1.04 bits per heavy atom. The van der Waals surface area contributed by atoms with Crippen molar-refractivity contribution in [2.75, 3.05) is 14.2 Å². The maximum Gasteiger partial charge on any atom is 0.246 e. The van der Waals surface area contributed by atoms with Crippen molar-refractivity contribution in [2.24, 2.45) is 0 Å². The summed E-state index contributed by atoms with van der Waals surface area (Å²) in [6.07, 6.45) is 5.34. The van der Waals surface area contributed by atoms with Gasteiger partial charge in [0.25, 0.3) is 0 Å². The van der Waals surface area contributed by atoms with E-state index in [2.05, 4.69) is 20.1 Å². The van der Waals surface area contributed by atoms with E-state index in [0.29, 0.717) is 29.8 Å². The van der Waals surface area contributed by atoms with Crippen molar-refractivity contribution in [2.45, 2.75) is 6.54 Å². The lowest BCUT2D eigenvalue weighted by atomic mass is 10.2. The Labute approximate surface area is 155 Å². The number of pyridine rings is 1. The number of aromatic nitrogens is 5. The Hall–Kier alpha value is -3.68. The van der Waals surface area contributed by atoms with Gasteiger partial charge in [-0.2, -0.15) is 4.98 Å². The van der Waals surface area contributed by atoms with Gasteiger partial charge in [0.15, 0.2) is 0 Å². The number of hydrogen-bond acceptors (Lipinski definition) is 7. The first kappa shape index (κ1) is 16.8. The minimum absolute atomic E-state index is 0.408. The summed E-state index contributed by atoms with van der Waals surface area (Å²) in [5, 5.41) is 4.06. The van der Waals surface area contributed by atoms with E-state index in [1.165, 1.54) is 0 Å². The molecule has 0 atom stereocenters. The smallest absolute Gasteiger partial charge is 0.246 e. The summed E-state index contributed by atoms with van der Waals surface area (Å²) < 4.78 is 17.9. The van der Waals surface area contributed by atoms with Crippen LogP contribution in [0.4, 0.5) is 0 Å². The molecular weight excluding hydrogens is 346 g/mol. The van der Waals surface area contributed by atoms with E-state index in [9.17, 15) is 0 Å². The predicted octanol–water partition coefficient (Wildman–Crippen LogP) is 3.06. The molecule has 8 nitrogen and oxygen atoms in total. The number of hydrogen-bond donors (Lipinski definition) is 0. The lowest BCUT2D eigenvalue weighted by molar-refractivity contribution is 0.370. The zero-order valence-electron chi connectivity index (χ0n) is 14.9. The molecule has 0 unspecified atom stereocenters.